The van der Waals surface area contributed by atoms with Gasteiger partial charge in [-0.1, -0.05) is 29.8 Å². The lowest BCUT2D eigenvalue weighted by molar-refractivity contribution is 0.310. The first-order valence-electron chi connectivity index (χ1n) is 9.66. The second kappa shape index (κ2) is 9.75. The highest BCUT2D eigenvalue weighted by Gasteiger charge is 2.16. The van der Waals surface area contributed by atoms with Crippen LogP contribution in [0.5, 0.6) is 11.5 Å². The van der Waals surface area contributed by atoms with E-state index in [1.807, 2.05) is 38.1 Å². The van der Waals surface area contributed by atoms with Crippen LogP contribution in [0.25, 0.3) is 10.9 Å². The Hall–Kier alpha value is -2.19. The van der Waals surface area contributed by atoms with E-state index in [4.69, 9.17) is 14.5 Å². The third-order valence-electron chi connectivity index (χ3n) is 4.78. The van der Waals surface area contributed by atoms with E-state index in [2.05, 4.69) is 43.9 Å². The van der Waals surface area contributed by atoms with Crippen LogP contribution in [0.1, 0.15) is 44.5 Å². The molecule has 0 aliphatic heterocycles. The van der Waals surface area contributed by atoms with Crippen molar-refractivity contribution in [3.05, 3.63) is 61.0 Å². The molecule has 0 saturated carbocycles. The molecule has 0 radical (unpaired) electrons. The Morgan fingerprint density at radius 2 is 1.97 bits per heavy atom. The summed E-state index contributed by atoms with van der Waals surface area (Å²) in [5.74, 6) is 1.93. The van der Waals surface area contributed by atoms with Gasteiger partial charge in [0.2, 0.25) is 0 Å². The molecule has 8 heteroatoms. The Labute approximate surface area is 192 Å². The minimum absolute atomic E-state index is 0.0706. The molecule has 1 atom stereocenters. The first-order valence-corrected chi connectivity index (χ1v) is 11.2. The predicted octanol–water partition coefficient (Wildman–Crippen LogP) is 5.72. The van der Waals surface area contributed by atoms with Gasteiger partial charge in [0.05, 0.1) is 30.8 Å². The summed E-state index contributed by atoms with van der Waals surface area (Å²) in [7, 11) is 1.59. The summed E-state index contributed by atoms with van der Waals surface area (Å²) in [5.41, 5.74) is 1.21. The van der Waals surface area contributed by atoms with Gasteiger partial charge < -0.3 is 9.47 Å². The van der Waals surface area contributed by atoms with E-state index in [9.17, 15) is 4.79 Å². The fourth-order valence-corrected chi connectivity index (χ4v) is 3.76. The summed E-state index contributed by atoms with van der Waals surface area (Å²) in [6.07, 6.45) is 2.46. The average Bonchev–Trinajstić information content (AvgIpc) is 2.74. The number of methoxy groups -OCH3 is 1. The molecule has 1 aromatic heterocycles. The van der Waals surface area contributed by atoms with Crippen LogP contribution in [-0.2, 0) is 0 Å². The standard InChI is InChI=1S/C22H23Br2N3O3/c1-5-13(3)21-26-18-8-7-15(23)10-16(18)22(28)27(21)25-12-14-9-19(29-4)20(30-6-2)11-17(14)24/h7-13H,5-6H2,1-4H3/t13-/m1/s1. The van der Waals surface area contributed by atoms with E-state index in [1.165, 1.54) is 4.68 Å². The van der Waals surface area contributed by atoms with Crippen molar-refractivity contribution in [3.63, 3.8) is 0 Å². The van der Waals surface area contributed by atoms with Gasteiger partial charge in [-0.25, -0.2) is 4.98 Å². The summed E-state index contributed by atoms with van der Waals surface area (Å²) in [4.78, 5) is 17.9. The smallest absolute Gasteiger partial charge is 0.282 e. The Kier molecular flexibility index (Phi) is 7.31. The molecule has 0 unspecified atom stereocenters. The summed E-state index contributed by atoms with van der Waals surface area (Å²) in [6.45, 7) is 6.54. The van der Waals surface area contributed by atoms with Crippen LogP contribution in [0.4, 0.5) is 0 Å². The van der Waals surface area contributed by atoms with Gasteiger partial charge in [-0.3, -0.25) is 4.79 Å². The van der Waals surface area contributed by atoms with Crippen molar-refractivity contribution in [1.82, 2.24) is 9.66 Å². The highest BCUT2D eigenvalue weighted by molar-refractivity contribution is 9.10. The number of ether oxygens (including phenoxy) is 2. The van der Waals surface area contributed by atoms with Crippen LogP contribution in [0.15, 0.2) is 49.2 Å². The summed E-state index contributed by atoms with van der Waals surface area (Å²) < 4.78 is 14.0. The highest BCUT2D eigenvalue weighted by Crippen LogP contribution is 2.33. The Balaban J connectivity index is 2.16. The molecule has 0 N–H and O–H groups in total. The zero-order valence-corrected chi connectivity index (χ0v) is 20.4. The zero-order chi connectivity index (χ0) is 21.8. The van der Waals surface area contributed by atoms with E-state index < -0.39 is 0 Å². The van der Waals surface area contributed by atoms with Crippen LogP contribution >= 0.6 is 31.9 Å². The number of fused-ring (bicyclic) bond motifs is 1. The van der Waals surface area contributed by atoms with E-state index in [1.54, 1.807) is 19.4 Å². The average molecular weight is 537 g/mol. The number of benzene rings is 2. The Morgan fingerprint density at radius 1 is 1.20 bits per heavy atom. The lowest BCUT2D eigenvalue weighted by Gasteiger charge is -2.14. The van der Waals surface area contributed by atoms with Gasteiger partial charge in [-0.2, -0.15) is 9.78 Å². The number of halogens is 2. The Morgan fingerprint density at radius 3 is 2.63 bits per heavy atom. The van der Waals surface area contributed by atoms with Crippen LogP contribution in [0.3, 0.4) is 0 Å². The van der Waals surface area contributed by atoms with E-state index in [-0.39, 0.29) is 11.5 Å². The third-order valence-corrected chi connectivity index (χ3v) is 5.96. The molecular weight excluding hydrogens is 514 g/mol. The van der Waals surface area contributed by atoms with Crippen molar-refractivity contribution in [2.45, 2.75) is 33.1 Å². The van der Waals surface area contributed by atoms with Gasteiger partial charge in [0.15, 0.2) is 11.5 Å². The lowest BCUT2D eigenvalue weighted by atomic mass is 10.1. The lowest BCUT2D eigenvalue weighted by Crippen LogP contribution is -2.23. The molecule has 0 aliphatic rings. The second-order valence-corrected chi connectivity index (χ2v) is 8.53. The van der Waals surface area contributed by atoms with Gasteiger partial charge in [0, 0.05) is 20.4 Å². The summed E-state index contributed by atoms with van der Waals surface area (Å²) >= 11 is 6.97. The molecule has 3 rings (SSSR count). The van der Waals surface area contributed by atoms with Crippen LogP contribution in [0, 0.1) is 0 Å². The van der Waals surface area contributed by atoms with Crippen molar-refractivity contribution in [2.75, 3.05) is 13.7 Å². The largest absolute Gasteiger partial charge is 0.493 e. The predicted molar refractivity (Wildman–Crippen MR) is 127 cm³/mol. The summed E-state index contributed by atoms with van der Waals surface area (Å²) in [6, 6.07) is 9.14. The number of hydrogen-bond acceptors (Lipinski definition) is 5. The molecule has 0 spiro atoms. The maximum absolute atomic E-state index is 13.2. The molecule has 0 aliphatic carbocycles. The molecule has 0 fully saturated rings. The number of aromatic nitrogens is 2. The van der Waals surface area contributed by atoms with Gasteiger partial charge in [-0.05, 0) is 59.6 Å². The molecule has 1 heterocycles. The van der Waals surface area contributed by atoms with Crippen LogP contribution in [0.2, 0.25) is 0 Å². The minimum Gasteiger partial charge on any atom is -0.493 e. The quantitative estimate of drug-likeness (QED) is 0.362. The fraction of sp³-hybridized carbons (Fsp3) is 0.318. The molecule has 6 nitrogen and oxygen atoms in total. The van der Waals surface area contributed by atoms with Crippen molar-refractivity contribution >= 4 is 49.0 Å². The van der Waals surface area contributed by atoms with Crippen molar-refractivity contribution < 1.29 is 9.47 Å². The SMILES string of the molecule is CCOc1cc(Br)c(C=Nn2c([C@H](C)CC)nc3ccc(Br)cc3c2=O)cc1OC. The van der Waals surface area contributed by atoms with Crippen molar-refractivity contribution in [2.24, 2.45) is 5.10 Å². The third kappa shape index (κ3) is 4.59. The van der Waals surface area contributed by atoms with Crippen LogP contribution in [-0.4, -0.2) is 29.6 Å². The van der Waals surface area contributed by atoms with Crippen molar-refractivity contribution in [3.8, 4) is 11.5 Å². The molecular formula is C22H23Br2N3O3. The zero-order valence-electron chi connectivity index (χ0n) is 17.3. The van der Waals surface area contributed by atoms with Gasteiger partial charge in [-0.15, -0.1) is 0 Å². The number of rotatable bonds is 7. The topological polar surface area (TPSA) is 65.7 Å². The number of nitrogens with zero attached hydrogens (tertiary/aromatic N) is 3. The van der Waals surface area contributed by atoms with E-state index in [0.29, 0.717) is 34.8 Å². The fourth-order valence-electron chi connectivity index (χ4n) is 2.98. The van der Waals surface area contributed by atoms with E-state index >= 15 is 0 Å². The molecule has 158 valence electrons. The Bertz CT molecular complexity index is 1160. The highest BCUT2D eigenvalue weighted by atomic mass is 79.9. The van der Waals surface area contributed by atoms with E-state index in [0.717, 1.165) is 20.9 Å². The first kappa shape index (κ1) is 22.5. The second-order valence-electron chi connectivity index (χ2n) is 6.76. The van der Waals surface area contributed by atoms with Crippen LogP contribution < -0.4 is 15.0 Å². The van der Waals surface area contributed by atoms with Crippen molar-refractivity contribution in [1.29, 1.82) is 0 Å². The first-order chi connectivity index (χ1) is 14.4. The van der Waals surface area contributed by atoms with Gasteiger partial charge in [0.1, 0.15) is 5.82 Å². The molecule has 0 saturated heterocycles. The summed E-state index contributed by atoms with van der Waals surface area (Å²) in [5, 5.41) is 5.02. The minimum atomic E-state index is -0.207. The van der Waals surface area contributed by atoms with Gasteiger partial charge >= 0.3 is 0 Å². The molecule has 3 aromatic rings. The number of hydrogen-bond donors (Lipinski definition) is 0. The maximum atomic E-state index is 13.2. The molecule has 0 amide bonds. The monoisotopic (exact) mass is 535 g/mol. The normalized spacial score (nSPS) is 12.5. The molecule has 30 heavy (non-hydrogen) atoms. The maximum Gasteiger partial charge on any atom is 0.282 e. The van der Waals surface area contributed by atoms with Gasteiger partial charge in [0.25, 0.3) is 5.56 Å². The molecule has 2 aromatic carbocycles. The molecule has 0 bridgehead atoms.